The Bertz CT molecular complexity index is 801. The van der Waals surface area contributed by atoms with Crippen LogP contribution in [-0.2, 0) is 13.1 Å². The van der Waals surface area contributed by atoms with E-state index in [1.165, 1.54) is 27.7 Å². The number of hydrogen-bond acceptors (Lipinski definition) is 1. The van der Waals surface area contributed by atoms with Gasteiger partial charge in [-0.25, -0.2) is 0 Å². The van der Waals surface area contributed by atoms with Gasteiger partial charge in [-0.2, -0.15) is 0 Å². The summed E-state index contributed by atoms with van der Waals surface area (Å²) in [4.78, 5) is 6.12. The van der Waals surface area contributed by atoms with Gasteiger partial charge in [-0.05, 0) is 17.2 Å². The molecule has 110 valence electrons. The van der Waals surface area contributed by atoms with Crippen LogP contribution in [0.4, 0.5) is 0 Å². The second-order valence-corrected chi connectivity index (χ2v) is 6.06. The van der Waals surface area contributed by atoms with Gasteiger partial charge in [0.05, 0.1) is 0 Å². The molecule has 22 heavy (non-hydrogen) atoms. The number of H-pyrrole nitrogens is 1. The summed E-state index contributed by atoms with van der Waals surface area (Å²) in [5.41, 5.74) is 5.39. The van der Waals surface area contributed by atoms with Crippen LogP contribution >= 0.6 is 0 Å². The first-order valence-corrected chi connectivity index (χ1v) is 7.83. The molecule has 0 saturated heterocycles. The van der Waals surface area contributed by atoms with Crippen LogP contribution in [0.5, 0.6) is 0 Å². The van der Waals surface area contributed by atoms with Crippen LogP contribution in [0, 0.1) is 0 Å². The molecule has 0 saturated carbocycles. The van der Waals surface area contributed by atoms with E-state index in [0.717, 1.165) is 19.6 Å². The second kappa shape index (κ2) is 5.47. The van der Waals surface area contributed by atoms with Gasteiger partial charge in [-0.15, -0.1) is 6.58 Å². The SMILES string of the molecule is C=CC1CN(Cc2ccccc2)Cc2c1[nH]c1ccccc21. The van der Waals surface area contributed by atoms with Gasteiger partial charge in [0, 0.05) is 42.1 Å². The Balaban J connectivity index is 1.71. The van der Waals surface area contributed by atoms with Gasteiger partial charge >= 0.3 is 0 Å². The van der Waals surface area contributed by atoms with E-state index < -0.39 is 0 Å². The van der Waals surface area contributed by atoms with Crippen LogP contribution in [-0.4, -0.2) is 16.4 Å². The number of para-hydroxylation sites is 1. The standard InChI is InChI=1S/C20H20N2/c1-2-16-13-22(12-15-8-4-3-5-9-15)14-18-17-10-6-7-11-19(17)21-20(16)18/h2-11,16,21H,1,12-14H2. The highest BCUT2D eigenvalue weighted by molar-refractivity contribution is 5.85. The first-order chi connectivity index (χ1) is 10.8. The second-order valence-electron chi connectivity index (χ2n) is 6.06. The van der Waals surface area contributed by atoms with Gasteiger partial charge in [0.25, 0.3) is 0 Å². The summed E-state index contributed by atoms with van der Waals surface area (Å²) >= 11 is 0. The zero-order valence-electron chi connectivity index (χ0n) is 12.6. The summed E-state index contributed by atoms with van der Waals surface area (Å²) in [6.07, 6.45) is 2.07. The predicted octanol–water partition coefficient (Wildman–Crippen LogP) is 4.45. The lowest BCUT2D eigenvalue weighted by atomic mass is 9.94. The summed E-state index contributed by atoms with van der Waals surface area (Å²) in [7, 11) is 0. The monoisotopic (exact) mass is 288 g/mol. The van der Waals surface area contributed by atoms with E-state index >= 15 is 0 Å². The van der Waals surface area contributed by atoms with E-state index in [4.69, 9.17) is 0 Å². The molecule has 1 aliphatic rings. The number of aromatic nitrogens is 1. The van der Waals surface area contributed by atoms with Crippen molar-refractivity contribution in [2.75, 3.05) is 6.54 Å². The van der Waals surface area contributed by atoms with Crippen LogP contribution in [0.25, 0.3) is 10.9 Å². The Morgan fingerprint density at radius 1 is 1.09 bits per heavy atom. The third kappa shape index (κ3) is 2.26. The number of fused-ring (bicyclic) bond motifs is 3. The van der Waals surface area contributed by atoms with Crippen molar-refractivity contribution in [3.05, 3.63) is 84.1 Å². The minimum absolute atomic E-state index is 0.375. The molecule has 1 N–H and O–H groups in total. The van der Waals surface area contributed by atoms with E-state index in [1.54, 1.807) is 0 Å². The van der Waals surface area contributed by atoms with Crippen molar-refractivity contribution in [2.45, 2.75) is 19.0 Å². The fraction of sp³-hybridized carbons (Fsp3) is 0.200. The first kappa shape index (κ1) is 13.4. The smallest absolute Gasteiger partial charge is 0.0459 e. The largest absolute Gasteiger partial charge is 0.358 e. The Morgan fingerprint density at radius 3 is 2.68 bits per heavy atom. The molecule has 1 unspecified atom stereocenters. The van der Waals surface area contributed by atoms with Gasteiger partial charge < -0.3 is 4.98 Å². The average molecular weight is 288 g/mol. The van der Waals surface area contributed by atoms with Crippen molar-refractivity contribution in [3.8, 4) is 0 Å². The highest BCUT2D eigenvalue weighted by Crippen LogP contribution is 2.34. The number of nitrogens with zero attached hydrogens (tertiary/aromatic N) is 1. The van der Waals surface area contributed by atoms with E-state index in [0.29, 0.717) is 5.92 Å². The zero-order valence-corrected chi connectivity index (χ0v) is 12.6. The van der Waals surface area contributed by atoms with Crippen molar-refractivity contribution in [2.24, 2.45) is 0 Å². The molecule has 0 radical (unpaired) electrons. The molecule has 1 atom stereocenters. The molecule has 2 aromatic carbocycles. The first-order valence-electron chi connectivity index (χ1n) is 7.83. The molecule has 0 fully saturated rings. The molecule has 1 aliphatic heterocycles. The Morgan fingerprint density at radius 2 is 1.86 bits per heavy atom. The molecule has 2 heterocycles. The van der Waals surface area contributed by atoms with Crippen LogP contribution in [0.1, 0.15) is 22.7 Å². The maximum Gasteiger partial charge on any atom is 0.0459 e. The summed E-state index contributed by atoms with van der Waals surface area (Å²) in [5.74, 6) is 0.375. The number of nitrogens with one attached hydrogen (secondary N) is 1. The summed E-state index contributed by atoms with van der Waals surface area (Å²) in [5, 5.41) is 1.35. The average Bonchev–Trinajstić information content (AvgIpc) is 2.94. The molecule has 0 aliphatic carbocycles. The molecule has 2 heteroatoms. The van der Waals surface area contributed by atoms with Crippen molar-refractivity contribution in [1.82, 2.24) is 9.88 Å². The maximum atomic E-state index is 4.05. The van der Waals surface area contributed by atoms with Crippen molar-refractivity contribution in [3.63, 3.8) is 0 Å². The zero-order chi connectivity index (χ0) is 14.9. The molecular weight excluding hydrogens is 268 g/mol. The molecule has 4 rings (SSSR count). The molecule has 1 aromatic heterocycles. The predicted molar refractivity (Wildman–Crippen MR) is 91.8 cm³/mol. The highest BCUT2D eigenvalue weighted by atomic mass is 15.1. The normalized spacial score (nSPS) is 18.3. The quantitative estimate of drug-likeness (QED) is 0.705. The summed E-state index contributed by atoms with van der Waals surface area (Å²) in [6.45, 7) is 7.06. The van der Waals surface area contributed by atoms with E-state index in [-0.39, 0.29) is 0 Å². The number of aromatic amines is 1. The molecular formula is C20H20N2. The number of rotatable bonds is 3. The fourth-order valence-corrected chi connectivity index (χ4v) is 3.52. The lowest BCUT2D eigenvalue weighted by Gasteiger charge is -2.31. The fourth-order valence-electron chi connectivity index (χ4n) is 3.52. The molecule has 0 bridgehead atoms. The Kier molecular flexibility index (Phi) is 3.32. The van der Waals surface area contributed by atoms with E-state index in [2.05, 4.69) is 77.1 Å². The van der Waals surface area contributed by atoms with Crippen molar-refractivity contribution < 1.29 is 0 Å². The van der Waals surface area contributed by atoms with Crippen LogP contribution in [0.3, 0.4) is 0 Å². The molecule has 0 amide bonds. The highest BCUT2D eigenvalue weighted by Gasteiger charge is 2.26. The summed E-state index contributed by atoms with van der Waals surface area (Å²) in [6, 6.07) is 19.3. The van der Waals surface area contributed by atoms with E-state index in [9.17, 15) is 0 Å². The van der Waals surface area contributed by atoms with Gasteiger partial charge in [0.2, 0.25) is 0 Å². The number of hydrogen-bond donors (Lipinski definition) is 1. The molecule has 3 aromatic rings. The maximum absolute atomic E-state index is 4.05. The topological polar surface area (TPSA) is 19.0 Å². The van der Waals surface area contributed by atoms with Crippen molar-refractivity contribution >= 4 is 10.9 Å². The minimum atomic E-state index is 0.375. The van der Waals surface area contributed by atoms with E-state index in [1.807, 2.05) is 0 Å². The van der Waals surface area contributed by atoms with Gasteiger partial charge in [-0.3, -0.25) is 4.90 Å². The number of benzene rings is 2. The Labute approximate surface area is 131 Å². The van der Waals surface area contributed by atoms with Gasteiger partial charge in [0.15, 0.2) is 0 Å². The third-order valence-corrected chi connectivity index (χ3v) is 4.59. The minimum Gasteiger partial charge on any atom is -0.358 e. The van der Waals surface area contributed by atoms with Crippen LogP contribution in [0.15, 0.2) is 67.3 Å². The van der Waals surface area contributed by atoms with Crippen LogP contribution in [0.2, 0.25) is 0 Å². The Hall–Kier alpha value is -2.32. The lowest BCUT2D eigenvalue weighted by molar-refractivity contribution is 0.234. The van der Waals surface area contributed by atoms with Crippen molar-refractivity contribution in [1.29, 1.82) is 0 Å². The third-order valence-electron chi connectivity index (χ3n) is 4.59. The molecule has 0 spiro atoms. The van der Waals surface area contributed by atoms with Gasteiger partial charge in [0.1, 0.15) is 0 Å². The van der Waals surface area contributed by atoms with Gasteiger partial charge in [-0.1, -0.05) is 54.6 Å². The van der Waals surface area contributed by atoms with Crippen LogP contribution < -0.4 is 0 Å². The lowest BCUT2D eigenvalue weighted by Crippen LogP contribution is -2.32. The summed E-state index contributed by atoms with van der Waals surface area (Å²) < 4.78 is 0. The molecule has 2 nitrogen and oxygen atoms in total.